The molecule has 1 aromatic heterocycles. The molecule has 1 N–H and O–H groups in total. The van der Waals surface area contributed by atoms with E-state index in [2.05, 4.69) is 4.98 Å². The summed E-state index contributed by atoms with van der Waals surface area (Å²) in [6.45, 7) is 2.86. The van der Waals surface area contributed by atoms with Crippen molar-refractivity contribution in [3.8, 4) is 5.75 Å². The van der Waals surface area contributed by atoms with E-state index in [0.717, 1.165) is 36.8 Å². The normalized spacial score (nSPS) is 23.6. The van der Waals surface area contributed by atoms with Crippen molar-refractivity contribution in [3.63, 3.8) is 0 Å². The van der Waals surface area contributed by atoms with Crippen LogP contribution in [0.2, 0.25) is 5.02 Å². The molecular formula is C29H32ClN3O4. The van der Waals surface area contributed by atoms with E-state index >= 15 is 0 Å². The van der Waals surface area contributed by atoms with Gasteiger partial charge in [-0.05, 0) is 43.0 Å². The number of carbonyl (C=O) groups excluding carboxylic acids is 1. The number of carbonyl (C=O) groups is 1. The largest absolute Gasteiger partial charge is 0.501 e. The number of halogens is 1. The van der Waals surface area contributed by atoms with Crippen LogP contribution in [0, 0.1) is 0 Å². The van der Waals surface area contributed by atoms with Crippen molar-refractivity contribution in [2.45, 2.75) is 69.7 Å². The number of fused-ring (bicyclic) bond motifs is 1. The third kappa shape index (κ3) is 4.78. The van der Waals surface area contributed by atoms with Gasteiger partial charge in [0.2, 0.25) is 5.75 Å². The molecule has 37 heavy (non-hydrogen) atoms. The van der Waals surface area contributed by atoms with Crippen LogP contribution in [0.1, 0.15) is 60.0 Å². The standard InChI is InChI=1S/C29H32ClN3O4/c1-19-17-33-24(31-27(35)26(34)25(33)28(36)32(19)2)16-29(21-11-13-22(30)14-12-21)15-7-6-10-23(29)37-18-20-8-4-3-5-9-20/h3-5,8-9,11-14,19,23,34H,6-7,10,15-18H2,1-2H3/t19-,23?,29?/m0/s1. The van der Waals surface area contributed by atoms with Gasteiger partial charge < -0.3 is 19.3 Å². The number of amides is 1. The number of hydrogen-bond acceptors (Lipinski definition) is 5. The Morgan fingerprint density at radius 2 is 1.84 bits per heavy atom. The predicted molar refractivity (Wildman–Crippen MR) is 142 cm³/mol. The maximum Gasteiger partial charge on any atom is 0.315 e. The first kappa shape index (κ1) is 25.5. The van der Waals surface area contributed by atoms with Gasteiger partial charge in [0.25, 0.3) is 5.91 Å². The van der Waals surface area contributed by atoms with Crippen molar-refractivity contribution in [1.29, 1.82) is 0 Å². The molecule has 0 saturated heterocycles. The minimum atomic E-state index is -0.777. The Morgan fingerprint density at radius 3 is 2.57 bits per heavy atom. The van der Waals surface area contributed by atoms with Crippen LogP contribution in [0.25, 0.3) is 0 Å². The molecule has 194 valence electrons. The number of hydrogen-bond donors (Lipinski definition) is 1. The highest BCUT2D eigenvalue weighted by Gasteiger charge is 2.45. The first-order valence-electron chi connectivity index (χ1n) is 12.8. The van der Waals surface area contributed by atoms with E-state index in [4.69, 9.17) is 16.3 Å². The molecule has 5 rings (SSSR count). The summed E-state index contributed by atoms with van der Waals surface area (Å²) in [5.41, 5.74) is 0.918. The van der Waals surface area contributed by atoms with Gasteiger partial charge in [-0.2, -0.15) is 4.98 Å². The van der Waals surface area contributed by atoms with Gasteiger partial charge in [-0.15, -0.1) is 0 Å². The third-order valence-electron chi connectivity index (χ3n) is 8.01. The minimum Gasteiger partial charge on any atom is -0.501 e. The topological polar surface area (TPSA) is 84.7 Å². The second kappa shape index (κ2) is 10.3. The van der Waals surface area contributed by atoms with Crippen molar-refractivity contribution >= 4 is 17.5 Å². The van der Waals surface area contributed by atoms with Crippen molar-refractivity contribution in [3.05, 3.63) is 92.6 Å². The molecule has 2 unspecified atom stereocenters. The summed E-state index contributed by atoms with van der Waals surface area (Å²) in [5.74, 6) is -0.470. The lowest BCUT2D eigenvalue weighted by Gasteiger charge is -2.45. The number of aromatic hydroxyl groups is 1. The van der Waals surface area contributed by atoms with E-state index in [0.29, 0.717) is 30.4 Å². The molecule has 3 aromatic rings. The van der Waals surface area contributed by atoms with Gasteiger partial charge in [0.05, 0.1) is 12.7 Å². The number of aromatic nitrogens is 2. The monoisotopic (exact) mass is 521 g/mol. The van der Waals surface area contributed by atoms with Crippen molar-refractivity contribution < 1.29 is 14.6 Å². The smallest absolute Gasteiger partial charge is 0.315 e. The Kier molecular flexibility index (Phi) is 7.10. The molecule has 1 aliphatic carbocycles. The Labute approximate surface area is 221 Å². The van der Waals surface area contributed by atoms with Crippen LogP contribution in [0.4, 0.5) is 0 Å². The predicted octanol–water partition coefficient (Wildman–Crippen LogP) is 4.72. The quantitative estimate of drug-likeness (QED) is 0.507. The van der Waals surface area contributed by atoms with Crippen LogP contribution in [0.3, 0.4) is 0 Å². The molecule has 0 radical (unpaired) electrons. The molecule has 2 heterocycles. The van der Waals surface area contributed by atoms with Gasteiger partial charge in [0.15, 0.2) is 5.69 Å². The second-order valence-corrected chi connectivity index (χ2v) is 10.7. The van der Waals surface area contributed by atoms with E-state index in [1.165, 1.54) is 0 Å². The van der Waals surface area contributed by atoms with Crippen LogP contribution in [0.5, 0.6) is 5.75 Å². The van der Waals surface area contributed by atoms with Gasteiger partial charge in [-0.3, -0.25) is 9.59 Å². The van der Waals surface area contributed by atoms with Crippen LogP contribution >= 0.6 is 11.6 Å². The lowest BCUT2D eigenvalue weighted by Crippen LogP contribution is -2.49. The zero-order valence-corrected chi connectivity index (χ0v) is 21.9. The maximum atomic E-state index is 13.1. The van der Waals surface area contributed by atoms with Gasteiger partial charge in [-0.1, -0.05) is 66.9 Å². The highest BCUT2D eigenvalue weighted by atomic mass is 35.5. The van der Waals surface area contributed by atoms with Crippen LogP contribution < -0.4 is 5.56 Å². The van der Waals surface area contributed by atoms with E-state index in [9.17, 15) is 14.7 Å². The molecule has 0 bridgehead atoms. The molecule has 2 aromatic carbocycles. The van der Waals surface area contributed by atoms with Crippen molar-refractivity contribution in [2.24, 2.45) is 0 Å². The molecule has 2 aliphatic rings. The number of rotatable bonds is 6. The van der Waals surface area contributed by atoms with E-state index in [1.807, 2.05) is 61.5 Å². The average molecular weight is 522 g/mol. The van der Waals surface area contributed by atoms with Gasteiger partial charge in [-0.25, -0.2) is 0 Å². The highest BCUT2D eigenvalue weighted by Crippen LogP contribution is 2.44. The summed E-state index contributed by atoms with van der Waals surface area (Å²) >= 11 is 6.25. The zero-order chi connectivity index (χ0) is 26.2. The summed E-state index contributed by atoms with van der Waals surface area (Å²) in [7, 11) is 1.68. The van der Waals surface area contributed by atoms with E-state index < -0.39 is 16.7 Å². The number of nitrogens with zero attached hydrogens (tertiary/aromatic N) is 3. The highest BCUT2D eigenvalue weighted by molar-refractivity contribution is 6.30. The molecule has 7 nitrogen and oxygen atoms in total. The molecule has 3 atom stereocenters. The first-order chi connectivity index (χ1) is 17.8. The van der Waals surface area contributed by atoms with Crippen molar-refractivity contribution in [2.75, 3.05) is 7.05 Å². The summed E-state index contributed by atoms with van der Waals surface area (Å²) in [4.78, 5) is 31.7. The molecule has 1 fully saturated rings. The van der Waals surface area contributed by atoms with Gasteiger partial charge in [0, 0.05) is 36.5 Å². The van der Waals surface area contributed by atoms with E-state index in [-0.39, 0.29) is 23.7 Å². The first-order valence-corrected chi connectivity index (χ1v) is 13.2. The molecule has 1 amide bonds. The third-order valence-corrected chi connectivity index (χ3v) is 8.26. The molecule has 1 aliphatic heterocycles. The lowest BCUT2D eigenvalue weighted by atomic mass is 9.65. The Morgan fingerprint density at radius 1 is 1.11 bits per heavy atom. The summed E-state index contributed by atoms with van der Waals surface area (Å²) in [5, 5.41) is 11.2. The van der Waals surface area contributed by atoms with E-state index in [1.54, 1.807) is 16.5 Å². The molecule has 0 spiro atoms. The Bertz CT molecular complexity index is 1340. The summed E-state index contributed by atoms with van der Waals surface area (Å²) in [6, 6.07) is 17.8. The summed E-state index contributed by atoms with van der Waals surface area (Å²) in [6.07, 6.45) is 4.01. The molecular weight excluding hydrogens is 490 g/mol. The minimum absolute atomic E-state index is 0.0134. The fourth-order valence-corrected chi connectivity index (χ4v) is 5.94. The maximum absolute atomic E-state index is 13.1. The van der Waals surface area contributed by atoms with Gasteiger partial charge in [0.1, 0.15) is 5.82 Å². The molecule has 8 heteroatoms. The number of benzene rings is 2. The van der Waals surface area contributed by atoms with Crippen LogP contribution in [-0.2, 0) is 29.7 Å². The summed E-state index contributed by atoms with van der Waals surface area (Å²) < 4.78 is 8.37. The SMILES string of the molecule is C[C@H]1Cn2c(CC3(c4ccc(Cl)cc4)CCCCC3OCc3ccccc3)nc(=O)c(O)c2C(=O)N1C. The molecule has 1 saturated carbocycles. The fourth-order valence-electron chi connectivity index (χ4n) is 5.81. The van der Waals surface area contributed by atoms with Crippen LogP contribution in [-0.4, -0.2) is 44.7 Å². The number of ether oxygens (including phenoxy) is 1. The zero-order valence-electron chi connectivity index (χ0n) is 21.2. The van der Waals surface area contributed by atoms with Crippen molar-refractivity contribution in [1.82, 2.24) is 14.5 Å². The number of likely N-dealkylation sites (N-methyl/N-ethyl adjacent to an activating group) is 1. The Hall–Kier alpha value is -3.16. The Balaban J connectivity index is 1.61. The average Bonchev–Trinajstić information content (AvgIpc) is 2.90. The van der Waals surface area contributed by atoms with Gasteiger partial charge >= 0.3 is 5.56 Å². The van der Waals surface area contributed by atoms with Crippen LogP contribution in [0.15, 0.2) is 59.4 Å². The lowest BCUT2D eigenvalue weighted by molar-refractivity contribution is -0.0405. The second-order valence-electron chi connectivity index (χ2n) is 10.3. The fraction of sp³-hybridized carbons (Fsp3) is 0.414.